The minimum atomic E-state index is -0.439. The summed E-state index contributed by atoms with van der Waals surface area (Å²) in [4.78, 5) is 15.0. The van der Waals surface area contributed by atoms with E-state index in [9.17, 15) is 10.1 Å². The number of rotatable bonds is 2. The number of nitrogens with zero attached hydrogens (tertiary/aromatic N) is 2. The lowest BCUT2D eigenvalue weighted by Crippen LogP contribution is -1.92. The summed E-state index contributed by atoms with van der Waals surface area (Å²) in [6.07, 6.45) is 1.38. The van der Waals surface area contributed by atoms with Crippen LogP contribution in [0.1, 0.15) is 5.56 Å². The minimum absolute atomic E-state index is 0.0252. The maximum absolute atomic E-state index is 11.1. The second-order valence-electron chi connectivity index (χ2n) is 4.24. The van der Waals surface area contributed by atoms with Gasteiger partial charge in [0.05, 0.1) is 16.0 Å². The van der Waals surface area contributed by atoms with Crippen LogP contribution >= 0.6 is 0 Å². The van der Waals surface area contributed by atoms with Gasteiger partial charge in [0.25, 0.3) is 0 Å². The number of para-hydroxylation sites is 1. The Hall–Kier alpha value is -2.69. The van der Waals surface area contributed by atoms with Crippen molar-refractivity contribution in [3.63, 3.8) is 0 Å². The van der Waals surface area contributed by atoms with Crippen LogP contribution in [0.3, 0.4) is 0 Å². The molecular weight excluding hydrogens is 244 g/mol. The Labute approximate surface area is 108 Å². The zero-order valence-electron chi connectivity index (χ0n) is 10.2. The van der Waals surface area contributed by atoms with E-state index in [1.54, 1.807) is 13.0 Å². The van der Waals surface area contributed by atoms with Gasteiger partial charge in [0, 0.05) is 5.39 Å². The SMILES string of the molecule is Cc1coc(-c2ccc3ccccc3n2)c1[N+](=O)[O-]. The number of aryl methyl sites for hydroxylation is 1. The Morgan fingerprint density at radius 1 is 1.21 bits per heavy atom. The smallest absolute Gasteiger partial charge is 0.319 e. The second-order valence-corrected chi connectivity index (χ2v) is 4.24. The molecule has 0 saturated heterocycles. The molecule has 2 heterocycles. The molecule has 0 unspecified atom stereocenters. The molecule has 0 aliphatic rings. The van der Waals surface area contributed by atoms with Crippen molar-refractivity contribution in [3.05, 3.63) is 58.3 Å². The van der Waals surface area contributed by atoms with E-state index in [4.69, 9.17) is 4.42 Å². The molecular formula is C14H10N2O3. The zero-order valence-corrected chi connectivity index (χ0v) is 10.2. The second kappa shape index (κ2) is 4.20. The summed E-state index contributed by atoms with van der Waals surface area (Å²) in [5, 5.41) is 12.0. The first-order chi connectivity index (χ1) is 9.16. The minimum Gasteiger partial charge on any atom is -0.455 e. The van der Waals surface area contributed by atoms with Gasteiger partial charge in [0.1, 0.15) is 12.0 Å². The van der Waals surface area contributed by atoms with Crippen LogP contribution in [-0.2, 0) is 0 Å². The first-order valence-electron chi connectivity index (χ1n) is 5.75. The summed E-state index contributed by atoms with van der Waals surface area (Å²) in [6.45, 7) is 1.65. The largest absolute Gasteiger partial charge is 0.455 e. The zero-order chi connectivity index (χ0) is 13.4. The molecule has 0 atom stereocenters. The van der Waals surface area contributed by atoms with Gasteiger partial charge in [-0.1, -0.05) is 24.3 Å². The lowest BCUT2D eigenvalue weighted by atomic mass is 10.1. The van der Waals surface area contributed by atoms with Crippen LogP contribution in [0.2, 0.25) is 0 Å². The highest BCUT2D eigenvalue weighted by Gasteiger charge is 2.24. The molecule has 94 valence electrons. The predicted octanol–water partition coefficient (Wildman–Crippen LogP) is 3.71. The fourth-order valence-corrected chi connectivity index (χ4v) is 2.04. The van der Waals surface area contributed by atoms with E-state index < -0.39 is 4.92 Å². The molecule has 2 aromatic heterocycles. The monoisotopic (exact) mass is 254 g/mol. The van der Waals surface area contributed by atoms with Crippen LogP contribution in [0.5, 0.6) is 0 Å². The Kier molecular flexibility index (Phi) is 2.52. The third-order valence-electron chi connectivity index (χ3n) is 2.96. The Balaban J connectivity index is 2.22. The molecule has 0 aliphatic heterocycles. The predicted molar refractivity (Wildman–Crippen MR) is 70.8 cm³/mol. The van der Waals surface area contributed by atoms with Gasteiger partial charge < -0.3 is 4.42 Å². The van der Waals surface area contributed by atoms with Gasteiger partial charge >= 0.3 is 5.69 Å². The van der Waals surface area contributed by atoms with Gasteiger partial charge in [-0.2, -0.15) is 0 Å². The summed E-state index contributed by atoms with van der Waals surface area (Å²) in [6, 6.07) is 11.2. The highest BCUT2D eigenvalue weighted by Crippen LogP contribution is 2.33. The number of fused-ring (bicyclic) bond motifs is 1. The fourth-order valence-electron chi connectivity index (χ4n) is 2.04. The molecule has 3 aromatic rings. The van der Waals surface area contributed by atoms with Crippen molar-refractivity contribution >= 4 is 16.6 Å². The number of aromatic nitrogens is 1. The number of pyridine rings is 1. The molecule has 0 aliphatic carbocycles. The molecule has 0 N–H and O–H groups in total. The number of benzene rings is 1. The third kappa shape index (κ3) is 1.85. The van der Waals surface area contributed by atoms with Crippen molar-refractivity contribution in [1.82, 2.24) is 4.98 Å². The molecule has 0 bridgehead atoms. The number of hydrogen-bond acceptors (Lipinski definition) is 4. The molecule has 5 heteroatoms. The van der Waals surface area contributed by atoms with Crippen LogP contribution in [0.15, 0.2) is 47.1 Å². The highest BCUT2D eigenvalue weighted by atomic mass is 16.6. The van der Waals surface area contributed by atoms with Crippen molar-refractivity contribution in [2.45, 2.75) is 6.92 Å². The number of furan rings is 1. The van der Waals surface area contributed by atoms with E-state index in [0.29, 0.717) is 11.3 Å². The molecule has 19 heavy (non-hydrogen) atoms. The lowest BCUT2D eigenvalue weighted by molar-refractivity contribution is -0.384. The molecule has 0 amide bonds. The maximum atomic E-state index is 11.1. The van der Waals surface area contributed by atoms with E-state index in [1.165, 1.54) is 6.26 Å². The fraction of sp³-hybridized carbons (Fsp3) is 0.0714. The molecule has 5 nitrogen and oxygen atoms in total. The lowest BCUT2D eigenvalue weighted by Gasteiger charge is -2.00. The van der Waals surface area contributed by atoms with Crippen LogP contribution in [-0.4, -0.2) is 9.91 Å². The van der Waals surface area contributed by atoms with Gasteiger partial charge in [-0.15, -0.1) is 0 Å². The van der Waals surface area contributed by atoms with Gasteiger partial charge in [-0.25, -0.2) is 4.98 Å². The number of nitro groups is 1. The molecule has 0 spiro atoms. The Morgan fingerprint density at radius 3 is 2.79 bits per heavy atom. The van der Waals surface area contributed by atoms with Crippen LogP contribution < -0.4 is 0 Å². The van der Waals surface area contributed by atoms with E-state index >= 15 is 0 Å². The van der Waals surface area contributed by atoms with Crippen LogP contribution in [0.4, 0.5) is 5.69 Å². The Bertz CT molecular complexity index is 777. The summed E-state index contributed by atoms with van der Waals surface area (Å²) >= 11 is 0. The van der Waals surface area contributed by atoms with E-state index in [0.717, 1.165) is 10.9 Å². The molecule has 0 radical (unpaired) electrons. The molecule has 1 aromatic carbocycles. The van der Waals surface area contributed by atoms with Crippen molar-refractivity contribution < 1.29 is 9.34 Å². The third-order valence-corrected chi connectivity index (χ3v) is 2.96. The van der Waals surface area contributed by atoms with E-state index in [-0.39, 0.29) is 11.4 Å². The summed E-state index contributed by atoms with van der Waals surface area (Å²) in [7, 11) is 0. The standard InChI is InChI=1S/C14H10N2O3/c1-9-8-19-14(13(9)16(17)18)12-7-6-10-4-2-3-5-11(10)15-12/h2-8H,1H3. The number of hydrogen-bond donors (Lipinski definition) is 0. The Morgan fingerprint density at radius 2 is 2.00 bits per heavy atom. The first-order valence-corrected chi connectivity index (χ1v) is 5.75. The average Bonchev–Trinajstić information content (AvgIpc) is 2.80. The average molecular weight is 254 g/mol. The maximum Gasteiger partial charge on any atom is 0.319 e. The molecule has 0 fully saturated rings. The summed E-state index contributed by atoms with van der Waals surface area (Å²) in [5.74, 6) is 0.202. The van der Waals surface area contributed by atoms with E-state index in [2.05, 4.69) is 4.98 Å². The van der Waals surface area contributed by atoms with Gasteiger partial charge in [-0.3, -0.25) is 10.1 Å². The van der Waals surface area contributed by atoms with Gasteiger partial charge in [0.15, 0.2) is 0 Å². The normalized spacial score (nSPS) is 10.8. The van der Waals surface area contributed by atoms with Crippen molar-refractivity contribution in [1.29, 1.82) is 0 Å². The summed E-state index contributed by atoms with van der Waals surface area (Å²) in [5.41, 5.74) is 1.72. The van der Waals surface area contributed by atoms with Gasteiger partial charge in [0.2, 0.25) is 5.76 Å². The van der Waals surface area contributed by atoms with Crippen molar-refractivity contribution in [2.75, 3.05) is 0 Å². The van der Waals surface area contributed by atoms with Crippen molar-refractivity contribution in [2.24, 2.45) is 0 Å². The molecule has 0 saturated carbocycles. The van der Waals surface area contributed by atoms with Crippen molar-refractivity contribution in [3.8, 4) is 11.5 Å². The highest BCUT2D eigenvalue weighted by molar-refractivity contribution is 5.82. The van der Waals surface area contributed by atoms with Crippen LogP contribution in [0, 0.1) is 17.0 Å². The van der Waals surface area contributed by atoms with Gasteiger partial charge in [-0.05, 0) is 19.1 Å². The topological polar surface area (TPSA) is 69.2 Å². The quantitative estimate of drug-likeness (QED) is 0.516. The first kappa shape index (κ1) is 11.4. The van der Waals surface area contributed by atoms with Crippen LogP contribution in [0.25, 0.3) is 22.4 Å². The molecule has 3 rings (SSSR count). The van der Waals surface area contributed by atoms with E-state index in [1.807, 2.05) is 30.3 Å². The summed E-state index contributed by atoms with van der Waals surface area (Å²) < 4.78 is 5.29.